The van der Waals surface area contributed by atoms with Crippen molar-refractivity contribution in [3.63, 3.8) is 0 Å². The van der Waals surface area contributed by atoms with Gasteiger partial charge in [-0.3, -0.25) is 4.79 Å². The summed E-state index contributed by atoms with van der Waals surface area (Å²) >= 11 is 0. The van der Waals surface area contributed by atoms with Crippen LogP contribution in [-0.4, -0.2) is 25.2 Å². The minimum atomic E-state index is -4.69. The zero-order valence-corrected chi connectivity index (χ0v) is 9.46. The molecule has 98 valence electrons. The van der Waals surface area contributed by atoms with Crippen LogP contribution in [0.2, 0.25) is 0 Å². The summed E-state index contributed by atoms with van der Waals surface area (Å²) in [4.78, 5) is 11.7. The molecule has 0 amide bonds. The van der Waals surface area contributed by atoms with Gasteiger partial charge >= 0.3 is 6.36 Å². The number of Topliss-reactive ketones (excluding diaryl/α,β-unsaturated/α-hetero) is 1. The van der Waals surface area contributed by atoms with Gasteiger partial charge in [0, 0.05) is 25.4 Å². The van der Waals surface area contributed by atoms with Gasteiger partial charge in [0.2, 0.25) is 0 Å². The zero-order valence-electron chi connectivity index (χ0n) is 9.46. The van der Waals surface area contributed by atoms with E-state index >= 15 is 0 Å². The van der Waals surface area contributed by atoms with Gasteiger partial charge in [-0.2, -0.15) is 0 Å². The smallest absolute Gasteiger partial charge is 0.406 e. The maximum absolute atomic E-state index is 11.9. The second-order valence-corrected chi connectivity index (χ2v) is 4.19. The summed E-state index contributed by atoms with van der Waals surface area (Å²) in [6, 6.07) is 5.39. The van der Waals surface area contributed by atoms with Crippen LogP contribution >= 0.6 is 0 Å². The third-order valence-corrected chi connectivity index (χ3v) is 2.77. The van der Waals surface area contributed by atoms with Gasteiger partial charge in [0.15, 0.2) is 0 Å². The van der Waals surface area contributed by atoms with Crippen LogP contribution in [0.15, 0.2) is 24.3 Å². The standard InChI is InChI=1S/C12H12F3NO2/c13-12(14,15)18-10-3-1-8(2-4-10)5-11(17)9-6-16-7-9/h1-4,9,16H,5-7H2. The van der Waals surface area contributed by atoms with Crippen LogP contribution in [0, 0.1) is 5.92 Å². The SMILES string of the molecule is O=C(Cc1ccc(OC(F)(F)F)cc1)C1CNC1. The first-order valence-electron chi connectivity index (χ1n) is 5.52. The molecule has 1 aliphatic heterocycles. The molecular formula is C12H12F3NO2. The second kappa shape index (κ2) is 4.97. The molecule has 3 nitrogen and oxygen atoms in total. The lowest BCUT2D eigenvalue weighted by atomic mass is 9.93. The molecule has 0 aromatic heterocycles. The zero-order chi connectivity index (χ0) is 13.2. The molecular weight excluding hydrogens is 247 g/mol. The van der Waals surface area contributed by atoms with E-state index in [0.29, 0.717) is 18.7 Å². The Morgan fingerprint density at radius 1 is 1.28 bits per heavy atom. The normalized spacial score (nSPS) is 16.2. The van der Waals surface area contributed by atoms with Crippen molar-refractivity contribution in [2.75, 3.05) is 13.1 Å². The molecule has 1 fully saturated rings. The maximum atomic E-state index is 11.9. The first kappa shape index (κ1) is 12.9. The van der Waals surface area contributed by atoms with E-state index in [-0.39, 0.29) is 23.9 Å². The van der Waals surface area contributed by atoms with Crippen molar-refractivity contribution >= 4 is 5.78 Å². The predicted molar refractivity (Wildman–Crippen MR) is 58.2 cm³/mol. The highest BCUT2D eigenvalue weighted by Gasteiger charge is 2.31. The molecule has 0 spiro atoms. The Hall–Kier alpha value is -1.56. The number of nitrogens with one attached hydrogen (secondary N) is 1. The van der Waals surface area contributed by atoms with E-state index in [2.05, 4.69) is 10.1 Å². The number of hydrogen-bond donors (Lipinski definition) is 1. The Morgan fingerprint density at radius 3 is 2.33 bits per heavy atom. The molecule has 1 saturated heterocycles. The fourth-order valence-electron chi connectivity index (χ4n) is 1.67. The van der Waals surface area contributed by atoms with Crippen molar-refractivity contribution in [2.45, 2.75) is 12.8 Å². The Morgan fingerprint density at radius 2 is 1.89 bits per heavy atom. The number of rotatable bonds is 4. The van der Waals surface area contributed by atoms with E-state index in [9.17, 15) is 18.0 Å². The van der Waals surface area contributed by atoms with Gasteiger partial charge in [0.05, 0.1) is 0 Å². The van der Waals surface area contributed by atoms with Gasteiger partial charge in [0.25, 0.3) is 0 Å². The number of carbonyl (C=O) groups is 1. The van der Waals surface area contributed by atoms with Crippen molar-refractivity contribution in [2.24, 2.45) is 5.92 Å². The summed E-state index contributed by atoms with van der Waals surface area (Å²) in [7, 11) is 0. The summed E-state index contributed by atoms with van der Waals surface area (Å²) in [5, 5.41) is 3.00. The lowest BCUT2D eigenvalue weighted by Crippen LogP contribution is -2.47. The molecule has 1 aromatic rings. The number of ether oxygens (including phenoxy) is 1. The van der Waals surface area contributed by atoms with E-state index in [0.717, 1.165) is 0 Å². The maximum Gasteiger partial charge on any atom is 0.573 e. The van der Waals surface area contributed by atoms with Crippen molar-refractivity contribution in [3.05, 3.63) is 29.8 Å². The lowest BCUT2D eigenvalue weighted by molar-refractivity contribution is -0.274. The first-order chi connectivity index (χ1) is 8.44. The summed E-state index contributed by atoms with van der Waals surface area (Å²) in [5.74, 6) is -0.127. The Bertz CT molecular complexity index is 424. The highest BCUT2D eigenvalue weighted by molar-refractivity contribution is 5.84. The first-order valence-corrected chi connectivity index (χ1v) is 5.52. The molecule has 1 heterocycles. The molecule has 0 radical (unpaired) electrons. The lowest BCUT2D eigenvalue weighted by Gasteiger charge is -2.25. The predicted octanol–water partition coefficient (Wildman–Crippen LogP) is 1.92. The third kappa shape index (κ3) is 3.46. The monoisotopic (exact) mass is 259 g/mol. The average Bonchev–Trinajstić information content (AvgIpc) is 2.16. The second-order valence-electron chi connectivity index (χ2n) is 4.19. The van der Waals surface area contributed by atoms with Crippen LogP contribution in [0.5, 0.6) is 5.75 Å². The molecule has 1 aliphatic rings. The molecule has 0 bridgehead atoms. The minimum absolute atomic E-state index is 0.0381. The van der Waals surface area contributed by atoms with Crippen LogP contribution in [0.4, 0.5) is 13.2 Å². The topological polar surface area (TPSA) is 38.3 Å². The fraction of sp³-hybridized carbons (Fsp3) is 0.417. The molecule has 0 atom stereocenters. The fourth-order valence-corrected chi connectivity index (χ4v) is 1.67. The number of benzene rings is 1. The van der Waals surface area contributed by atoms with Gasteiger partial charge in [-0.05, 0) is 17.7 Å². The molecule has 2 rings (SSSR count). The van der Waals surface area contributed by atoms with E-state index in [1.54, 1.807) is 0 Å². The highest BCUT2D eigenvalue weighted by atomic mass is 19.4. The van der Waals surface area contributed by atoms with Crippen LogP contribution in [0.3, 0.4) is 0 Å². The number of carbonyl (C=O) groups excluding carboxylic acids is 1. The molecule has 0 aliphatic carbocycles. The van der Waals surface area contributed by atoms with Crippen LogP contribution in [-0.2, 0) is 11.2 Å². The van der Waals surface area contributed by atoms with E-state index < -0.39 is 6.36 Å². The summed E-state index contributed by atoms with van der Waals surface area (Å²) in [6.45, 7) is 1.38. The van der Waals surface area contributed by atoms with Crippen molar-refractivity contribution in [3.8, 4) is 5.75 Å². The summed E-state index contributed by atoms with van der Waals surface area (Å²) < 4.78 is 39.5. The van der Waals surface area contributed by atoms with Crippen LogP contribution in [0.1, 0.15) is 5.56 Å². The molecule has 1 aromatic carbocycles. The number of halogens is 3. The number of hydrogen-bond acceptors (Lipinski definition) is 3. The minimum Gasteiger partial charge on any atom is -0.406 e. The van der Waals surface area contributed by atoms with E-state index in [1.165, 1.54) is 24.3 Å². The Kier molecular flexibility index (Phi) is 3.56. The molecule has 0 saturated carbocycles. The molecule has 0 unspecified atom stereocenters. The van der Waals surface area contributed by atoms with Gasteiger partial charge in [0.1, 0.15) is 11.5 Å². The molecule has 18 heavy (non-hydrogen) atoms. The quantitative estimate of drug-likeness (QED) is 0.897. The highest BCUT2D eigenvalue weighted by Crippen LogP contribution is 2.23. The van der Waals surface area contributed by atoms with E-state index in [1.807, 2.05) is 0 Å². The van der Waals surface area contributed by atoms with Gasteiger partial charge in [-0.15, -0.1) is 13.2 Å². The number of alkyl halides is 3. The largest absolute Gasteiger partial charge is 0.573 e. The van der Waals surface area contributed by atoms with Gasteiger partial charge in [-0.25, -0.2) is 0 Å². The third-order valence-electron chi connectivity index (χ3n) is 2.77. The van der Waals surface area contributed by atoms with Gasteiger partial charge < -0.3 is 10.1 Å². The van der Waals surface area contributed by atoms with Gasteiger partial charge in [-0.1, -0.05) is 12.1 Å². The van der Waals surface area contributed by atoms with Crippen LogP contribution in [0.25, 0.3) is 0 Å². The molecule has 6 heteroatoms. The molecule has 1 N–H and O–H groups in total. The van der Waals surface area contributed by atoms with Crippen molar-refractivity contribution in [1.82, 2.24) is 5.32 Å². The summed E-state index contributed by atoms with van der Waals surface area (Å²) in [5.41, 5.74) is 0.696. The summed E-state index contributed by atoms with van der Waals surface area (Å²) in [6.07, 6.45) is -4.44. The Balaban J connectivity index is 1.92. The van der Waals surface area contributed by atoms with E-state index in [4.69, 9.17) is 0 Å². The Labute approximate surface area is 102 Å². The number of ketones is 1. The van der Waals surface area contributed by atoms with Crippen molar-refractivity contribution < 1.29 is 22.7 Å². The van der Waals surface area contributed by atoms with Crippen molar-refractivity contribution in [1.29, 1.82) is 0 Å². The average molecular weight is 259 g/mol. The van der Waals surface area contributed by atoms with Crippen LogP contribution < -0.4 is 10.1 Å².